The van der Waals surface area contributed by atoms with Crippen molar-refractivity contribution < 1.29 is 4.74 Å². The van der Waals surface area contributed by atoms with Crippen LogP contribution in [0.3, 0.4) is 0 Å². The van der Waals surface area contributed by atoms with Gasteiger partial charge in [-0.25, -0.2) is 4.98 Å². The molecule has 3 rings (SSSR count). The highest BCUT2D eigenvalue weighted by molar-refractivity contribution is 5.80. The van der Waals surface area contributed by atoms with E-state index >= 15 is 0 Å². The number of aromatic nitrogens is 2. The van der Waals surface area contributed by atoms with Gasteiger partial charge in [-0.05, 0) is 42.7 Å². The molecule has 0 spiro atoms. The third-order valence-electron chi connectivity index (χ3n) is 3.64. The smallest absolute Gasteiger partial charge is 0.138 e. The number of aryl methyl sites for hydroxylation is 2. The number of hydrogen-bond donors (Lipinski definition) is 1. The maximum Gasteiger partial charge on any atom is 0.138 e. The molecule has 0 aliphatic rings. The minimum absolute atomic E-state index is 0.881. The fourth-order valence-corrected chi connectivity index (χ4v) is 2.38. The molecule has 0 radical (unpaired) electrons. The summed E-state index contributed by atoms with van der Waals surface area (Å²) in [6, 6.07) is 12.5. The summed E-state index contributed by atoms with van der Waals surface area (Å²) in [5, 5.41) is 0. The quantitative estimate of drug-likeness (QED) is 0.774. The van der Waals surface area contributed by atoms with Gasteiger partial charge in [0.25, 0.3) is 0 Å². The van der Waals surface area contributed by atoms with Gasteiger partial charge in [-0.1, -0.05) is 25.1 Å². The number of nitrogens with zero attached hydrogens (tertiary/aromatic N) is 1. The summed E-state index contributed by atoms with van der Waals surface area (Å²) in [6.45, 7) is 4.19. The normalized spacial score (nSPS) is 10.9. The Bertz CT molecular complexity index is 759. The predicted molar refractivity (Wildman–Crippen MR) is 82.2 cm³/mol. The molecule has 0 amide bonds. The molecule has 0 aliphatic heterocycles. The van der Waals surface area contributed by atoms with E-state index in [1.165, 1.54) is 5.56 Å². The first-order valence-electron chi connectivity index (χ1n) is 6.85. The van der Waals surface area contributed by atoms with E-state index in [-0.39, 0.29) is 0 Å². The lowest BCUT2D eigenvalue weighted by molar-refractivity contribution is 0.412. The Labute approximate surface area is 118 Å². The van der Waals surface area contributed by atoms with E-state index in [1.54, 1.807) is 7.11 Å². The second kappa shape index (κ2) is 5.00. The van der Waals surface area contributed by atoms with Crippen LogP contribution < -0.4 is 4.74 Å². The molecule has 2 aromatic carbocycles. The molecular weight excluding hydrogens is 248 g/mol. The summed E-state index contributed by atoms with van der Waals surface area (Å²) in [6.07, 6.45) is 1.03. The van der Waals surface area contributed by atoms with Crippen LogP contribution in [0.5, 0.6) is 5.75 Å². The van der Waals surface area contributed by atoms with Crippen LogP contribution >= 0.6 is 0 Å². The third-order valence-corrected chi connectivity index (χ3v) is 3.64. The van der Waals surface area contributed by atoms with Crippen molar-refractivity contribution in [3.8, 4) is 17.1 Å². The first kappa shape index (κ1) is 12.7. The summed E-state index contributed by atoms with van der Waals surface area (Å²) in [4.78, 5) is 8.04. The number of methoxy groups -OCH3 is 1. The summed E-state index contributed by atoms with van der Waals surface area (Å²) >= 11 is 0. The van der Waals surface area contributed by atoms with Crippen molar-refractivity contribution in [3.63, 3.8) is 0 Å². The first-order valence-corrected chi connectivity index (χ1v) is 6.85. The average Bonchev–Trinajstić information content (AvgIpc) is 2.90. The fourth-order valence-electron chi connectivity index (χ4n) is 2.38. The number of ether oxygens (including phenoxy) is 1. The molecule has 1 heterocycles. The number of hydrogen-bond acceptors (Lipinski definition) is 2. The average molecular weight is 266 g/mol. The maximum absolute atomic E-state index is 5.38. The lowest BCUT2D eigenvalue weighted by Crippen LogP contribution is -1.88. The summed E-state index contributed by atoms with van der Waals surface area (Å²) in [5.41, 5.74) is 5.56. The Hall–Kier alpha value is -2.29. The van der Waals surface area contributed by atoms with Crippen molar-refractivity contribution in [3.05, 3.63) is 47.5 Å². The van der Waals surface area contributed by atoms with Gasteiger partial charge in [-0.3, -0.25) is 0 Å². The Morgan fingerprint density at radius 2 is 2.00 bits per heavy atom. The monoisotopic (exact) mass is 266 g/mol. The van der Waals surface area contributed by atoms with E-state index in [1.807, 2.05) is 13.0 Å². The Kier molecular flexibility index (Phi) is 3.18. The molecule has 0 saturated heterocycles. The predicted octanol–water partition coefficient (Wildman–Crippen LogP) is 4.11. The number of nitrogens with one attached hydrogen (secondary N) is 1. The van der Waals surface area contributed by atoms with Crippen molar-refractivity contribution in [1.82, 2.24) is 9.97 Å². The standard InChI is InChI=1S/C17H18N2O/c1-4-12-6-8-14-15(9-12)19-17(18-14)13-7-5-11(2)16(10-13)20-3/h5-10H,4H2,1-3H3,(H,18,19). The lowest BCUT2D eigenvalue weighted by Gasteiger charge is -2.05. The highest BCUT2D eigenvalue weighted by Crippen LogP contribution is 2.27. The molecule has 1 aromatic heterocycles. The largest absolute Gasteiger partial charge is 0.496 e. The zero-order valence-corrected chi connectivity index (χ0v) is 12.0. The van der Waals surface area contributed by atoms with Crippen LogP contribution in [-0.4, -0.2) is 17.1 Å². The minimum atomic E-state index is 0.881. The van der Waals surface area contributed by atoms with Crippen LogP contribution in [0.1, 0.15) is 18.1 Å². The van der Waals surface area contributed by atoms with Crippen molar-refractivity contribution in [1.29, 1.82) is 0 Å². The molecule has 0 fully saturated rings. The Morgan fingerprint density at radius 3 is 2.75 bits per heavy atom. The molecule has 0 aliphatic carbocycles. The van der Waals surface area contributed by atoms with E-state index in [0.717, 1.165) is 40.2 Å². The van der Waals surface area contributed by atoms with Gasteiger partial charge in [0.2, 0.25) is 0 Å². The Balaban J connectivity index is 2.09. The highest BCUT2D eigenvalue weighted by atomic mass is 16.5. The van der Waals surface area contributed by atoms with Gasteiger partial charge in [0, 0.05) is 5.56 Å². The topological polar surface area (TPSA) is 37.9 Å². The minimum Gasteiger partial charge on any atom is -0.496 e. The van der Waals surface area contributed by atoms with Crippen LogP contribution in [-0.2, 0) is 6.42 Å². The lowest BCUT2D eigenvalue weighted by atomic mass is 10.1. The number of rotatable bonds is 3. The zero-order valence-electron chi connectivity index (χ0n) is 12.0. The van der Waals surface area contributed by atoms with Gasteiger partial charge in [-0.2, -0.15) is 0 Å². The van der Waals surface area contributed by atoms with Gasteiger partial charge in [-0.15, -0.1) is 0 Å². The van der Waals surface area contributed by atoms with Gasteiger partial charge in [0.15, 0.2) is 0 Å². The maximum atomic E-state index is 5.38. The molecule has 1 N–H and O–H groups in total. The Morgan fingerprint density at radius 1 is 1.15 bits per heavy atom. The van der Waals surface area contributed by atoms with Gasteiger partial charge in [0.1, 0.15) is 11.6 Å². The number of H-pyrrole nitrogens is 1. The van der Waals surface area contributed by atoms with E-state index < -0.39 is 0 Å². The van der Waals surface area contributed by atoms with Gasteiger partial charge >= 0.3 is 0 Å². The molecule has 0 unspecified atom stereocenters. The SMILES string of the molecule is CCc1ccc2nc(-c3ccc(C)c(OC)c3)[nH]c2c1. The van der Waals surface area contributed by atoms with E-state index in [4.69, 9.17) is 4.74 Å². The third kappa shape index (κ3) is 2.16. The number of imidazole rings is 1. The molecule has 0 atom stereocenters. The molecule has 0 saturated carbocycles. The summed E-state index contributed by atoms with van der Waals surface area (Å²) in [7, 11) is 1.69. The summed E-state index contributed by atoms with van der Waals surface area (Å²) in [5.74, 6) is 1.77. The second-order valence-electron chi connectivity index (χ2n) is 4.97. The molecule has 0 bridgehead atoms. The molecule has 3 heteroatoms. The van der Waals surface area contributed by atoms with Crippen LogP contribution in [0.2, 0.25) is 0 Å². The van der Waals surface area contributed by atoms with Crippen LogP contribution in [0.25, 0.3) is 22.4 Å². The number of aromatic amines is 1. The second-order valence-corrected chi connectivity index (χ2v) is 4.97. The van der Waals surface area contributed by atoms with Crippen LogP contribution in [0.15, 0.2) is 36.4 Å². The number of fused-ring (bicyclic) bond motifs is 1. The van der Waals surface area contributed by atoms with Gasteiger partial charge in [0.05, 0.1) is 18.1 Å². The van der Waals surface area contributed by atoms with Crippen molar-refractivity contribution >= 4 is 11.0 Å². The van der Waals surface area contributed by atoms with Crippen LogP contribution in [0, 0.1) is 6.92 Å². The molecule has 102 valence electrons. The number of benzene rings is 2. The van der Waals surface area contributed by atoms with Crippen molar-refractivity contribution in [2.24, 2.45) is 0 Å². The fraction of sp³-hybridized carbons (Fsp3) is 0.235. The van der Waals surface area contributed by atoms with Gasteiger partial charge < -0.3 is 9.72 Å². The summed E-state index contributed by atoms with van der Waals surface area (Å²) < 4.78 is 5.38. The highest BCUT2D eigenvalue weighted by Gasteiger charge is 2.08. The molecule has 3 aromatic rings. The van der Waals surface area contributed by atoms with Crippen molar-refractivity contribution in [2.75, 3.05) is 7.11 Å². The molecular formula is C17H18N2O. The van der Waals surface area contributed by atoms with Crippen molar-refractivity contribution in [2.45, 2.75) is 20.3 Å². The van der Waals surface area contributed by atoms with E-state index in [2.05, 4.69) is 47.2 Å². The van der Waals surface area contributed by atoms with Crippen LogP contribution in [0.4, 0.5) is 0 Å². The van der Waals surface area contributed by atoms with E-state index in [9.17, 15) is 0 Å². The first-order chi connectivity index (χ1) is 9.71. The molecule has 3 nitrogen and oxygen atoms in total. The zero-order chi connectivity index (χ0) is 14.1. The van der Waals surface area contributed by atoms with E-state index in [0.29, 0.717) is 0 Å². The molecule has 20 heavy (non-hydrogen) atoms.